The molecule has 0 saturated carbocycles. The lowest BCUT2D eigenvalue weighted by atomic mass is 10.3. The van der Waals surface area contributed by atoms with Gasteiger partial charge in [0, 0.05) is 6.42 Å². The predicted molar refractivity (Wildman–Crippen MR) is 40.2 cm³/mol. The fraction of sp³-hybridized carbons (Fsp3) is 0.375. The van der Waals surface area contributed by atoms with Crippen molar-refractivity contribution in [2.24, 2.45) is 0 Å². The van der Waals surface area contributed by atoms with Gasteiger partial charge in [-0.2, -0.15) is 5.26 Å². The quantitative estimate of drug-likeness (QED) is 0.338. The maximum Gasteiger partial charge on any atom is 0.349 e. The molecule has 5 heteroatoms. The molecule has 1 heterocycles. The molecule has 0 aliphatic carbocycles. The Balaban J connectivity index is 2.50. The molecule has 13 heavy (non-hydrogen) atoms. The van der Waals surface area contributed by atoms with Crippen LogP contribution in [0.2, 0.25) is 0 Å². The van der Waals surface area contributed by atoms with Crippen molar-refractivity contribution in [2.75, 3.05) is 6.61 Å². The van der Waals surface area contributed by atoms with Crippen molar-refractivity contribution in [1.82, 2.24) is 0 Å². The maximum atomic E-state index is 10.9. The van der Waals surface area contributed by atoms with E-state index >= 15 is 0 Å². The van der Waals surface area contributed by atoms with Gasteiger partial charge in [-0.25, -0.2) is 9.59 Å². The minimum absolute atomic E-state index is 0.246. The standard InChI is InChI=1S/C8H7NO4/c1-5(4-9)7(10)13-6-2-3-12-8(6)11/h6H,1-3H2. The molecule has 1 fully saturated rings. The molecule has 0 spiro atoms. The first-order valence-corrected chi connectivity index (χ1v) is 3.61. The fourth-order valence-electron chi connectivity index (χ4n) is 0.830. The summed E-state index contributed by atoms with van der Waals surface area (Å²) in [4.78, 5) is 21.7. The van der Waals surface area contributed by atoms with E-state index in [2.05, 4.69) is 16.1 Å². The van der Waals surface area contributed by atoms with Crippen molar-refractivity contribution >= 4 is 11.9 Å². The number of carbonyl (C=O) groups is 2. The zero-order valence-corrected chi connectivity index (χ0v) is 6.78. The van der Waals surface area contributed by atoms with Crippen molar-refractivity contribution in [3.8, 4) is 6.07 Å². The zero-order chi connectivity index (χ0) is 9.84. The summed E-state index contributed by atoms with van der Waals surface area (Å²) in [6, 6.07) is 1.53. The van der Waals surface area contributed by atoms with Crippen LogP contribution in [0.15, 0.2) is 12.2 Å². The monoisotopic (exact) mass is 181 g/mol. The molecule has 68 valence electrons. The Morgan fingerprint density at radius 2 is 2.46 bits per heavy atom. The molecule has 0 N–H and O–H groups in total. The van der Waals surface area contributed by atoms with Gasteiger partial charge in [-0.1, -0.05) is 6.58 Å². The van der Waals surface area contributed by atoms with Gasteiger partial charge >= 0.3 is 11.9 Å². The summed E-state index contributed by atoms with van der Waals surface area (Å²) in [5.41, 5.74) is -0.320. The second-order valence-electron chi connectivity index (χ2n) is 2.44. The lowest BCUT2D eigenvalue weighted by molar-refractivity contribution is -0.157. The summed E-state index contributed by atoms with van der Waals surface area (Å²) >= 11 is 0. The normalized spacial score (nSPS) is 20.2. The van der Waals surface area contributed by atoms with E-state index in [1.807, 2.05) is 0 Å². The molecule has 0 aromatic heterocycles. The van der Waals surface area contributed by atoms with Crippen LogP contribution in [0.1, 0.15) is 6.42 Å². The van der Waals surface area contributed by atoms with E-state index < -0.39 is 18.0 Å². The highest BCUT2D eigenvalue weighted by Gasteiger charge is 2.30. The smallest absolute Gasteiger partial charge is 0.349 e. The average molecular weight is 181 g/mol. The second kappa shape index (κ2) is 3.72. The first-order chi connectivity index (χ1) is 6.15. The largest absolute Gasteiger partial charge is 0.463 e. The molecule has 0 amide bonds. The molecule has 0 radical (unpaired) electrons. The van der Waals surface area contributed by atoms with Gasteiger partial charge in [0.15, 0.2) is 0 Å². The third-order valence-electron chi connectivity index (χ3n) is 1.52. The molecular weight excluding hydrogens is 174 g/mol. The number of esters is 2. The van der Waals surface area contributed by atoms with E-state index in [4.69, 9.17) is 5.26 Å². The SMILES string of the molecule is C=C(C#N)C(=O)OC1CCOC1=O. The topological polar surface area (TPSA) is 76.4 Å². The fourth-order valence-corrected chi connectivity index (χ4v) is 0.830. The molecule has 1 aliphatic rings. The van der Waals surface area contributed by atoms with Crippen LogP contribution in [0.25, 0.3) is 0 Å². The lowest BCUT2D eigenvalue weighted by Gasteiger charge is -2.05. The van der Waals surface area contributed by atoms with Gasteiger partial charge in [0.2, 0.25) is 6.10 Å². The Hall–Kier alpha value is -1.83. The van der Waals surface area contributed by atoms with Crippen LogP contribution in [0, 0.1) is 11.3 Å². The highest BCUT2D eigenvalue weighted by atomic mass is 16.6. The molecule has 0 bridgehead atoms. The maximum absolute atomic E-state index is 10.9. The Morgan fingerprint density at radius 1 is 1.77 bits per heavy atom. The Morgan fingerprint density at radius 3 is 2.92 bits per heavy atom. The average Bonchev–Trinajstić information content (AvgIpc) is 2.50. The predicted octanol–water partition coefficient (Wildman–Crippen LogP) is -0.0751. The minimum Gasteiger partial charge on any atom is -0.463 e. The van der Waals surface area contributed by atoms with Crippen molar-refractivity contribution in [2.45, 2.75) is 12.5 Å². The van der Waals surface area contributed by atoms with Gasteiger partial charge in [0.25, 0.3) is 0 Å². The number of nitrogens with zero attached hydrogens (tertiary/aromatic N) is 1. The third kappa shape index (κ3) is 2.06. The van der Waals surface area contributed by atoms with Crippen LogP contribution in [0.5, 0.6) is 0 Å². The van der Waals surface area contributed by atoms with Gasteiger partial charge in [-0.05, 0) is 0 Å². The Labute approximate surface area is 74.5 Å². The number of cyclic esters (lactones) is 1. The summed E-state index contributed by atoms with van der Waals surface area (Å²) < 4.78 is 9.19. The highest BCUT2D eigenvalue weighted by Crippen LogP contribution is 2.11. The van der Waals surface area contributed by atoms with Crippen LogP contribution >= 0.6 is 0 Å². The van der Waals surface area contributed by atoms with Crippen LogP contribution in [-0.4, -0.2) is 24.6 Å². The van der Waals surface area contributed by atoms with E-state index in [0.717, 1.165) is 0 Å². The first kappa shape index (κ1) is 9.26. The molecule has 0 aromatic rings. The highest BCUT2D eigenvalue weighted by molar-refractivity contribution is 5.93. The molecule has 5 nitrogen and oxygen atoms in total. The van der Waals surface area contributed by atoms with Crippen molar-refractivity contribution in [3.05, 3.63) is 12.2 Å². The number of hydrogen-bond donors (Lipinski definition) is 0. The summed E-state index contributed by atoms with van der Waals surface area (Å²) in [7, 11) is 0. The van der Waals surface area contributed by atoms with Gasteiger partial charge in [-0.3, -0.25) is 0 Å². The zero-order valence-electron chi connectivity index (χ0n) is 6.78. The van der Waals surface area contributed by atoms with Crippen LogP contribution in [-0.2, 0) is 19.1 Å². The molecule has 0 aromatic carbocycles. The number of hydrogen-bond acceptors (Lipinski definition) is 5. The van der Waals surface area contributed by atoms with E-state index in [-0.39, 0.29) is 12.2 Å². The number of carbonyl (C=O) groups excluding carboxylic acids is 2. The molecule has 1 rings (SSSR count). The Bertz CT molecular complexity index is 302. The van der Waals surface area contributed by atoms with Gasteiger partial charge in [-0.15, -0.1) is 0 Å². The molecule has 1 atom stereocenters. The molecule has 1 unspecified atom stereocenters. The van der Waals surface area contributed by atoms with E-state index in [1.54, 1.807) is 0 Å². The van der Waals surface area contributed by atoms with Gasteiger partial charge < -0.3 is 9.47 Å². The number of nitriles is 1. The lowest BCUT2D eigenvalue weighted by Crippen LogP contribution is -2.23. The van der Waals surface area contributed by atoms with Crippen LogP contribution in [0.4, 0.5) is 0 Å². The molecular formula is C8H7NO4. The third-order valence-corrected chi connectivity index (χ3v) is 1.52. The van der Waals surface area contributed by atoms with Gasteiger partial charge in [0.05, 0.1) is 6.61 Å². The second-order valence-corrected chi connectivity index (χ2v) is 2.44. The van der Waals surface area contributed by atoms with E-state index in [1.165, 1.54) is 6.07 Å². The van der Waals surface area contributed by atoms with Crippen LogP contribution < -0.4 is 0 Å². The number of ether oxygens (including phenoxy) is 2. The van der Waals surface area contributed by atoms with Crippen LogP contribution in [0.3, 0.4) is 0 Å². The Kier molecular flexibility index (Phi) is 2.65. The molecule has 1 aliphatic heterocycles. The van der Waals surface area contributed by atoms with Crippen molar-refractivity contribution in [1.29, 1.82) is 5.26 Å². The minimum atomic E-state index is -0.877. The summed E-state index contributed by atoms with van der Waals surface area (Å²) in [6.07, 6.45) is -0.541. The van der Waals surface area contributed by atoms with E-state index in [0.29, 0.717) is 6.42 Å². The summed E-state index contributed by atoms with van der Waals surface area (Å²) in [5.74, 6) is -1.44. The van der Waals surface area contributed by atoms with Crippen molar-refractivity contribution in [3.63, 3.8) is 0 Å². The summed E-state index contributed by atoms with van der Waals surface area (Å²) in [5, 5.41) is 8.28. The van der Waals surface area contributed by atoms with Crippen molar-refractivity contribution < 1.29 is 19.1 Å². The summed E-state index contributed by atoms with van der Waals surface area (Å²) in [6.45, 7) is 3.40. The number of rotatable bonds is 2. The molecule has 1 saturated heterocycles. The first-order valence-electron chi connectivity index (χ1n) is 3.61. The van der Waals surface area contributed by atoms with Gasteiger partial charge in [0.1, 0.15) is 11.6 Å². The van der Waals surface area contributed by atoms with E-state index in [9.17, 15) is 9.59 Å².